The van der Waals surface area contributed by atoms with Crippen LogP contribution in [-0.2, 0) is 22.4 Å². The maximum absolute atomic E-state index is 12.7. The van der Waals surface area contributed by atoms with E-state index in [2.05, 4.69) is 33.0 Å². The van der Waals surface area contributed by atoms with E-state index in [9.17, 15) is 4.79 Å². The van der Waals surface area contributed by atoms with Crippen LogP contribution in [0, 0.1) is 6.92 Å². The van der Waals surface area contributed by atoms with E-state index in [0.717, 1.165) is 40.9 Å². The van der Waals surface area contributed by atoms with Crippen molar-refractivity contribution in [3.8, 4) is 28.3 Å². The van der Waals surface area contributed by atoms with E-state index in [0.29, 0.717) is 32.3 Å². The number of nitrogens with zero attached hydrogens (tertiary/aromatic N) is 2. The van der Waals surface area contributed by atoms with Crippen molar-refractivity contribution in [3.63, 3.8) is 0 Å². The Balaban J connectivity index is 1.51. The van der Waals surface area contributed by atoms with Gasteiger partial charge in [0.2, 0.25) is 0 Å². The largest absolute Gasteiger partial charge is 0.476 e. The molecule has 29 heavy (non-hydrogen) atoms. The number of pyridine rings is 1. The number of H-pyrrole nitrogens is 1. The summed E-state index contributed by atoms with van der Waals surface area (Å²) in [5.41, 5.74) is 6.15. The highest BCUT2D eigenvalue weighted by Gasteiger charge is 2.23. The van der Waals surface area contributed by atoms with Crippen molar-refractivity contribution in [1.29, 1.82) is 0 Å². The lowest BCUT2D eigenvalue weighted by atomic mass is 9.92. The van der Waals surface area contributed by atoms with E-state index in [1.54, 1.807) is 6.07 Å². The minimum absolute atomic E-state index is 0.0150. The highest BCUT2D eigenvalue weighted by atomic mass is 16.6. The fourth-order valence-electron chi connectivity index (χ4n) is 4.08. The Bertz CT molecular complexity index is 1080. The van der Waals surface area contributed by atoms with Gasteiger partial charge in [-0.2, -0.15) is 5.10 Å². The molecule has 3 aromatic rings. The monoisotopic (exact) mass is 393 g/mol. The normalized spacial score (nSPS) is 18.2. The Hall–Kier alpha value is -2.90. The molecule has 0 spiro atoms. The van der Waals surface area contributed by atoms with Gasteiger partial charge in [0, 0.05) is 35.5 Å². The van der Waals surface area contributed by atoms with Gasteiger partial charge in [-0.3, -0.25) is 9.89 Å². The molecule has 0 aliphatic carbocycles. The number of hydrogen-bond donors (Lipinski definition) is 1. The first kappa shape index (κ1) is 18.1. The number of aryl methyl sites for hydroxylation is 1. The average Bonchev–Trinajstić information content (AvgIpc) is 3.30. The van der Waals surface area contributed by atoms with Gasteiger partial charge in [0.1, 0.15) is 12.7 Å². The lowest BCUT2D eigenvalue weighted by Gasteiger charge is -2.28. The first-order valence-electron chi connectivity index (χ1n) is 9.90. The fourth-order valence-corrected chi connectivity index (χ4v) is 4.08. The van der Waals surface area contributed by atoms with Gasteiger partial charge in [0.15, 0.2) is 11.3 Å². The molecule has 0 unspecified atom stereocenters. The van der Waals surface area contributed by atoms with Crippen molar-refractivity contribution < 1.29 is 14.2 Å². The molecule has 4 heterocycles. The zero-order valence-electron chi connectivity index (χ0n) is 16.3. The number of rotatable bonds is 4. The molecule has 0 bridgehead atoms. The van der Waals surface area contributed by atoms with Crippen LogP contribution in [0.5, 0.6) is 5.88 Å². The van der Waals surface area contributed by atoms with E-state index in [1.165, 1.54) is 5.56 Å². The molecule has 0 saturated carbocycles. The molecule has 5 rings (SSSR count). The minimum atomic E-state index is -0.107. The number of aromatic nitrogens is 3. The molecule has 1 saturated heterocycles. The Labute approximate surface area is 168 Å². The molecule has 7 nitrogen and oxygen atoms in total. The number of fused-ring (bicyclic) bond motifs is 3. The second-order valence-electron chi connectivity index (χ2n) is 7.46. The molecule has 1 aromatic carbocycles. The molecule has 1 atom stereocenters. The van der Waals surface area contributed by atoms with Crippen LogP contribution in [0.25, 0.3) is 22.4 Å². The van der Waals surface area contributed by atoms with Crippen molar-refractivity contribution in [2.75, 3.05) is 26.4 Å². The number of nitrogens with one attached hydrogen (secondary N) is 1. The van der Waals surface area contributed by atoms with Crippen LogP contribution in [0.15, 0.2) is 41.5 Å². The van der Waals surface area contributed by atoms with Crippen molar-refractivity contribution >= 4 is 0 Å². The average molecular weight is 393 g/mol. The predicted molar refractivity (Wildman–Crippen MR) is 108 cm³/mol. The van der Waals surface area contributed by atoms with E-state index in [-0.39, 0.29) is 11.5 Å². The predicted octanol–water partition coefficient (Wildman–Crippen LogP) is 2.56. The first-order chi connectivity index (χ1) is 14.2. The van der Waals surface area contributed by atoms with Crippen LogP contribution >= 0.6 is 0 Å². The third kappa shape index (κ3) is 3.36. The Morgan fingerprint density at radius 3 is 3.00 bits per heavy atom. The van der Waals surface area contributed by atoms with Gasteiger partial charge in [0.25, 0.3) is 0 Å². The zero-order valence-corrected chi connectivity index (χ0v) is 16.3. The van der Waals surface area contributed by atoms with E-state index in [1.807, 2.05) is 19.3 Å². The molecule has 1 N–H and O–H groups in total. The molecule has 2 aliphatic rings. The minimum Gasteiger partial charge on any atom is -0.476 e. The fraction of sp³-hybridized carbons (Fsp3) is 0.364. The number of benzene rings is 1. The van der Waals surface area contributed by atoms with Crippen molar-refractivity contribution in [3.05, 3.63) is 58.0 Å². The molecule has 0 radical (unpaired) electrons. The van der Waals surface area contributed by atoms with Gasteiger partial charge < -0.3 is 18.8 Å². The van der Waals surface area contributed by atoms with E-state index < -0.39 is 0 Å². The molecule has 2 aromatic heterocycles. The van der Waals surface area contributed by atoms with Gasteiger partial charge >= 0.3 is 0 Å². The van der Waals surface area contributed by atoms with Crippen LogP contribution in [0.3, 0.4) is 0 Å². The Morgan fingerprint density at radius 1 is 1.28 bits per heavy atom. The SMILES string of the molecule is Cc1c2n(c(OC[C@@H]3COCCO3)cc1=O)CCc1cc(-c3cn[nH]c3)ccc1-2. The summed E-state index contributed by atoms with van der Waals surface area (Å²) in [5, 5.41) is 6.89. The topological polar surface area (TPSA) is 78.4 Å². The molecule has 1 fully saturated rings. The Morgan fingerprint density at radius 2 is 2.21 bits per heavy atom. The van der Waals surface area contributed by atoms with Crippen LogP contribution in [0.2, 0.25) is 0 Å². The van der Waals surface area contributed by atoms with E-state index >= 15 is 0 Å². The smallest absolute Gasteiger partial charge is 0.197 e. The van der Waals surface area contributed by atoms with Gasteiger partial charge in [0.05, 0.1) is 31.7 Å². The summed E-state index contributed by atoms with van der Waals surface area (Å²) in [6.45, 7) is 4.72. The molecular weight excluding hydrogens is 370 g/mol. The number of hydrogen-bond acceptors (Lipinski definition) is 5. The summed E-state index contributed by atoms with van der Waals surface area (Å²) in [7, 11) is 0. The molecule has 150 valence electrons. The molecule has 2 aliphatic heterocycles. The summed E-state index contributed by atoms with van der Waals surface area (Å²) in [6.07, 6.45) is 4.47. The van der Waals surface area contributed by atoms with Crippen molar-refractivity contribution in [2.24, 2.45) is 0 Å². The number of aromatic amines is 1. The molecule has 7 heteroatoms. The quantitative estimate of drug-likeness (QED) is 0.737. The number of ether oxygens (including phenoxy) is 3. The van der Waals surface area contributed by atoms with Crippen molar-refractivity contribution in [2.45, 2.75) is 26.0 Å². The lowest BCUT2D eigenvalue weighted by molar-refractivity contribution is -0.102. The summed E-state index contributed by atoms with van der Waals surface area (Å²) < 4.78 is 19.2. The van der Waals surface area contributed by atoms with Crippen molar-refractivity contribution in [1.82, 2.24) is 14.8 Å². The van der Waals surface area contributed by atoms with Crippen LogP contribution in [-0.4, -0.2) is 47.3 Å². The van der Waals surface area contributed by atoms with Gasteiger partial charge in [-0.05, 0) is 24.5 Å². The standard InChI is InChI=1S/C22H23N3O4/c1-14-20(26)9-21(29-13-18-12-27-6-7-28-18)25-5-4-16-8-15(17-10-23-24-11-17)2-3-19(16)22(14)25/h2-3,8-11,18H,4-7,12-13H2,1H3,(H,23,24)/t18-/m0/s1. The second-order valence-corrected chi connectivity index (χ2v) is 7.46. The summed E-state index contributed by atoms with van der Waals surface area (Å²) in [6, 6.07) is 7.95. The second kappa shape index (κ2) is 7.50. The van der Waals surface area contributed by atoms with Crippen LogP contribution < -0.4 is 10.2 Å². The maximum atomic E-state index is 12.7. The molecular formula is C22H23N3O4. The third-order valence-electron chi connectivity index (χ3n) is 5.61. The third-order valence-corrected chi connectivity index (χ3v) is 5.61. The summed E-state index contributed by atoms with van der Waals surface area (Å²) >= 11 is 0. The Kier molecular flexibility index (Phi) is 4.69. The maximum Gasteiger partial charge on any atom is 0.197 e. The van der Waals surface area contributed by atoms with Gasteiger partial charge in [-0.15, -0.1) is 0 Å². The molecule has 0 amide bonds. The lowest BCUT2D eigenvalue weighted by Crippen LogP contribution is -2.34. The highest BCUT2D eigenvalue weighted by molar-refractivity contribution is 5.74. The first-order valence-corrected chi connectivity index (χ1v) is 9.90. The van der Waals surface area contributed by atoms with Gasteiger partial charge in [-0.25, -0.2) is 0 Å². The van der Waals surface area contributed by atoms with Gasteiger partial charge in [-0.1, -0.05) is 18.2 Å². The summed E-state index contributed by atoms with van der Waals surface area (Å²) in [5.74, 6) is 0.592. The highest BCUT2D eigenvalue weighted by Crippen LogP contribution is 2.36. The van der Waals surface area contributed by atoms with Crippen LogP contribution in [0.4, 0.5) is 0 Å². The zero-order chi connectivity index (χ0) is 19.8. The summed E-state index contributed by atoms with van der Waals surface area (Å²) in [4.78, 5) is 12.7. The van der Waals surface area contributed by atoms with E-state index in [4.69, 9.17) is 14.2 Å². The van der Waals surface area contributed by atoms with Crippen LogP contribution in [0.1, 0.15) is 11.1 Å².